The maximum absolute atomic E-state index is 13.0. The van der Waals surface area contributed by atoms with Crippen LogP contribution in [0, 0.1) is 0 Å². The van der Waals surface area contributed by atoms with Gasteiger partial charge in [-0.1, -0.05) is 12.8 Å². The molecule has 136 valence electrons. The van der Waals surface area contributed by atoms with Crippen molar-refractivity contribution in [2.75, 3.05) is 19.1 Å². The molecule has 1 heterocycles. The van der Waals surface area contributed by atoms with E-state index in [1.54, 1.807) is 37.3 Å². The number of hydrogen-bond donors (Lipinski definition) is 1. The molecule has 6 heteroatoms. The van der Waals surface area contributed by atoms with Gasteiger partial charge in [-0.3, -0.25) is 14.5 Å². The van der Waals surface area contributed by atoms with E-state index in [1.165, 1.54) is 0 Å². The van der Waals surface area contributed by atoms with E-state index in [-0.39, 0.29) is 17.9 Å². The predicted molar refractivity (Wildman–Crippen MR) is 95.1 cm³/mol. The van der Waals surface area contributed by atoms with Gasteiger partial charge in [-0.2, -0.15) is 0 Å². The molecule has 0 aromatic heterocycles. The molecule has 0 radical (unpaired) electrons. The number of hydrogen-bond acceptors (Lipinski definition) is 4. The zero-order valence-corrected chi connectivity index (χ0v) is 15.1. The molecule has 0 bridgehead atoms. The Balaban J connectivity index is 1.92. The standard InChI is InChI=1S/C19H26N2O4/c1-19(18(23)20-13-6-4-5-7-13)9-8-17(22)21(19)14-10-15(24-2)12-16(11-14)25-3/h10-13H,4-9H2,1-3H3,(H,20,23). The van der Waals surface area contributed by atoms with Crippen LogP contribution in [0.25, 0.3) is 0 Å². The SMILES string of the molecule is COc1cc(OC)cc(N2C(=O)CCC2(C)C(=O)NC2CCCC2)c1. The number of benzene rings is 1. The van der Waals surface area contributed by atoms with Crippen molar-refractivity contribution in [1.82, 2.24) is 5.32 Å². The van der Waals surface area contributed by atoms with Crippen molar-refractivity contribution < 1.29 is 19.1 Å². The van der Waals surface area contributed by atoms with Gasteiger partial charge in [-0.05, 0) is 26.2 Å². The third-order valence-corrected chi connectivity index (χ3v) is 5.34. The normalized spacial score (nSPS) is 23.8. The van der Waals surface area contributed by atoms with Crippen LogP contribution in [0.5, 0.6) is 11.5 Å². The molecule has 1 atom stereocenters. The second kappa shape index (κ2) is 6.94. The molecule has 6 nitrogen and oxygen atoms in total. The zero-order chi connectivity index (χ0) is 18.0. The van der Waals surface area contributed by atoms with Gasteiger partial charge < -0.3 is 14.8 Å². The first-order valence-electron chi connectivity index (χ1n) is 8.85. The molecule has 2 aliphatic rings. The molecule has 1 aromatic carbocycles. The maximum Gasteiger partial charge on any atom is 0.246 e. The van der Waals surface area contributed by atoms with Crippen LogP contribution in [-0.4, -0.2) is 37.6 Å². The molecule has 2 amide bonds. The fraction of sp³-hybridized carbons (Fsp3) is 0.579. The van der Waals surface area contributed by atoms with Gasteiger partial charge >= 0.3 is 0 Å². The number of methoxy groups -OCH3 is 2. The summed E-state index contributed by atoms with van der Waals surface area (Å²) >= 11 is 0. The predicted octanol–water partition coefficient (Wildman–Crippen LogP) is 2.65. The van der Waals surface area contributed by atoms with Crippen molar-refractivity contribution in [3.05, 3.63) is 18.2 Å². The average molecular weight is 346 g/mol. The number of rotatable bonds is 5. The number of anilines is 1. The number of carbonyl (C=O) groups excluding carboxylic acids is 2. The van der Waals surface area contributed by atoms with E-state index < -0.39 is 5.54 Å². The Hall–Kier alpha value is -2.24. The highest BCUT2D eigenvalue weighted by molar-refractivity contribution is 6.06. The average Bonchev–Trinajstić information content (AvgIpc) is 3.22. The van der Waals surface area contributed by atoms with Crippen LogP contribution in [0.15, 0.2) is 18.2 Å². The molecule has 1 aliphatic heterocycles. The molecule has 1 aliphatic carbocycles. The maximum atomic E-state index is 13.0. The van der Waals surface area contributed by atoms with Crippen LogP contribution < -0.4 is 19.7 Å². The highest BCUT2D eigenvalue weighted by Crippen LogP contribution is 2.39. The summed E-state index contributed by atoms with van der Waals surface area (Å²) in [6.45, 7) is 1.84. The summed E-state index contributed by atoms with van der Waals surface area (Å²) in [6.07, 6.45) is 5.19. The lowest BCUT2D eigenvalue weighted by molar-refractivity contribution is -0.127. The Labute approximate surface area is 148 Å². The Morgan fingerprint density at radius 1 is 1.16 bits per heavy atom. The van der Waals surface area contributed by atoms with Gasteiger partial charge in [0.05, 0.1) is 19.9 Å². The van der Waals surface area contributed by atoms with Crippen molar-refractivity contribution in [3.8, 4) is 11.5 Å². The van der Waals surface area contributed by atoms with Gasteiger partial charge in [0.15, 0.2) is 0 Å². The topological polar surface area (TPSA) is 67.9 Å². The summed E-state index contributed by atoms with van der Waals surface area (Å²) in [5.74, 6) is 1.05. The molecule has 0 spiro atoms. The summed E-state index contributed by atoms with van der Waals surface area (Å²) in [7, 11) is 3.13. The minimum absolute atomic E-state index is 0.0561. The summed E-state index contributed by atoms with van der Waals surface area (Å²) in [4.78, 5) is 27.2. The third-order valence-electron chi connectivity index (χ3n) is 5.34. The Morgan fingerprint density at radius 3 is 2.32 bits per heavy atom. The summed E-state index contributed by atoms with van der Waals surface area (Å²) in [5, 5.41) is 3.14. The van der Waals surface area contributed by atoms with Gasteiger partial charge in [-0.25, -0.2) is 0 Å². The van der Waals surface area contributed by atoms with Crippen LogP contribution in [-0.2, 0) is 9.59 Å². The Bertz CT molecular complexity index is 647. The molecule has 1 unspecified atom stereocenters. The summed E-state index contributed by atoms with van der Waals surface area (Å²) in [5.41, 5.74) is -0.264. The lowest BCUT2D eigenvalue weighted by Crippen LogP contribution is -2.56. The van der Waals surface area contributed by atoms with Gasteiger partial charge in [0.2, 0.25) is 11.8 Å². The van der Waals surface area contributed by atoms with E-state index in [2.05, 4.69) is 5.32 Å². The minimum Gasteiger partial charge on any atom is -0.497 e. The summed E-state index contributed by atoms with van der Waals surface area (Å²) in [6, 6.07) is 5.52. The van der Waals surface area contributed by atoms with E-state index in [0.29, 0.717) is 30.0 Å². The summed E-state index contributed by atoms with van der Waals surface area (Å²) < 4.78 is 10.6. The molecule has 1 aromatic rings. The fourth-order valence-electron chi connectivity index (χ4n) is 3.83. The quantitative estimate of drug-likeness (QED) is 0.890. The lowest BCUT2D eigenvalue weighted by atomic mass is 9.96. The Kier molecular flexibility index (Phi) is 4.88. The van der Waals surface area contributed by atoms with Crippen LogP contribution >= 0.6 is 0 Å². The highest BCUT2D eigenvalue weighted by Gasteiger charge is 2.48. The van der Waals surface area contributed by atoms with Gasteiger partial charge in [0, 0.05) is 30.7 Å². The van der Waals surface area contributed by atoms with Gasteiger partial charge in [0.25, 0.3) is 0 Å². The molecule has 1 saturated heterocycles. The lowest BCUT2D eigenvalue weighted by Gasteiger charge is -2.35. The molecular formula is C19H26N2O4. The second-order valence-electron chi connectivity index (χ2n) is 7.03. The van der Waals surface area contributed by atoms with Gasteiger partial charge in [-0.15, -0.1) is 0 Å². The van der Waals surface area contributed by atoms with Crippen LogP contribution in [0.4, 0.5) is 5.69 Å². The molecular weight excluding hydrogens is 320 g/mol. The third kappa shape index (κ3) is 3.30. The number of nitrogens with zero attached hydrogens (tertiary/aromatic N) is 1. The van der Waals surface area contributed by atoms with Crippen LogP contribution in [0.2, 0.25) is 0 Å². The van der Waals surface area contributed by atoms with Crippen LogP contribution in [0.1, 0.15) is 45.4 Å². The first-order valence-corrected chi connectivity index (χ1v) is 8.85. The first kappa shape index (κ1) is 17.6. The highest BCUT2D eigenvalue weighted by atomic mass is 16.5. The van der Waals surface area contributed by atoms with E-state index >= 15 is 0 Å². The minimum atomic E-state index is -0.892. The molecule has 2 fully saturated rings. The largest absolute Gasteiger partial charge is 0.497 e. The van der Waals surface area contributed by atoms with Crippen LogP contribution in [0.3, 0.4) is 0 Å². The van der Waals surface area contributed by atoms with Gasteiger partial charge in [0.1, 0.15) is 17.0 Å². The van der Waals surface area contributed by atoms with Crippen molar-refractivity contribution >= 4 is 17.5 Å². The second-order valence-corrected chi connectivity index (χ2v) is 7.03. The van der Waals surface area contributed by atoms with E-state index in [9.17, 15) is 9.59 Å². The first-order chi connectivity index (χ1) is 12.0. The molecule has 25 heavy (non-hydrogen) atoms. The molecule has 1 saturated carbocycles. The Morgan fingerprint density at radius 2 is 1.76 bits per heavy atom. The van der Waals surface area contributed by atoms with E-state index in [1.807, 2.05) is 6.92 Å². The number of nitrogens with one attached hydrogen (secondary N) is 1. The van der Waals surface area contributed by atoms with Crippen molar-refractivity contribution in [1.29, 1.82) is 0 Å². The molecule has 3 rings (SSSR count). The number of amides is 2. The van der Waals surface area contributed by atoms with Crippen molar-refractivity contribution in [3.63, 3.8) is 0 Å². The van der Waals surface area contributed by atoms with Crippen molar-refractivity contribution in [2.24, 2.45) is 0 Å². The zero-order valence-electron chi connectivity index (χ0n) is 15.1. The number of carbonyl (C=O) groups is 2. The monoisotopic (exact) mass is 346 g/mol. The number of ether oxygens (including phenoxy) is 2. The van der Waals surface area contributed by atoms with E-state index in [4.69, 9.17) is 9.47 Å². The smallest absolute Gasteiger partial charge is 0.246 e. The van der Waals surface area contributed by atoms with E-state index in [0.717, 1.165) is 25.7 Å². The molecule has 1 N–H and O–H groups in total. The van der Waals surface area contributed by atoms with Crippen molar-refractivity contribution in [2.45, 2.75) is 57.0 Å². The fourth-order valence-corrected chi connectivity index (χ4v) is 3.83.